The van der Waals surface area contributed by atoms with E-state index in [2.05, 4.69) is 41.5 Å². The summed E-state index contributed by atoms with van der Waals surface area (Å²) in [6.07, 6.45) is 2.83. The monoisotopic (exact) mass is 330 g/mol. The fraction of sp³-hybridized carbons (Fsp3) is 0.947. The van der Waals surface area contributed by atoms with Crippen molar-refractivity contribution in [1.29, 1.82) is 0 Å². The molecule has 0 aromatic heterocycles. The molecule has 0 aliphatic heterocycles. The van der Waals surface area contributed by atoms with Gasteiger partial charge in [0.25, 0.3) is 0 Å². The average Bonchev–Trinajstić information content (AvgIpc) is 2.33. The molecular formula is C19H38O4. The van der Waals surface area contributed by atoms with Gasteiger partial charge in [-0.1, -0.05) is 54.4 Å². The molecule has 0 unspecified atom stereocenters. The molecule has 138 valence electrons. The van der Waals surface area contributed by atoms with Gasteiger partial charge in [-0.2, -0.15) is 4.89 Å². The van der Waals surface area contributed by atoms with Crippen LogP contribution in [0.4, 0.5) is 4.79 Å². The Morgan fingerprint density at radius 3 is 1.52 bits per heavy atom. The molecule has 0 saturated heterocycles. The van der Waals surface area contributed by atoms with E-state index in [0.29, 0.717) is 0 Å². The maximum atomic E-state index is 11.9. The lowest BCUT2D eigenvalue weighted by atomic mass is 9.80. The number of hydrogen-bond donors (Lipinski definition) is 0. The Bertz CT molecular complexity index is 381. The molecule has 23 heavy (non-hydrogen) atoms. The van der Waals surface area contributed by atoms with E-state index in [9.17, 15) is 4.79 Å². The van der Waals surface area contributed by atoms with E-state index in [1.165, 1.54) is 0 Å². The molecule has 0 bridgehead atoms. The summed E-state index contributed by atoms with van der Waals surface area (Å²) >= 11 is 0. The number of hydrogen-bond acceptors (Lipinski definition) is 4. The Labute approximate surface area is 143 Å². The van der Waals surface area contributed by atoms with Gasteiger partial charge < -0.3 is 4.74 Å². The lowest BCUT2D eigenvalue weighted by Gasteiger charge is -2.34. The predicted octanol–water partition coefficient (Wildman–Crippen LogP) is 6.28. The molecule has 0 spiro atoms. The molecule has 0 aliphatic rings. The van der Waals surface area contributed by atoms with Crippen LogP contribution in [0.25, 0.3) is 0 Å². The molecule has 0 rings (SSSR count). The average molecular weight is 331 g/mol. The van der Waals surface area contributed by atoms with Gasteiger partial charge >= 0.3 is 6.16 Å². The molecule has 0 aromatic carbocycles. The molecular weight excluding hydrogens is 292 g/mol. The molecule has 0 radical (unpaired) electrons. The smallest absolute Gasteiger partial charge is 0.426 e. The van der Waals surface area contributed by atoms with Crippen LogP contribution in [0.5, 0.6) is 0 Å². The van der Waals surface area contributed by atoms with Crippen molar-refractivity contribution >= 4 is 6.16 Å². The van der Waals surface area contributed by atoms with Gasteiger partial charge in [0.05, 0.1) is 0 Å². The first kappa shape index (κ1) is 22.2. The molecule has 0 aromatic rings. The highest BCUT2D eigenvalue weighted by atomic mass is 17.2. The summed E-state index contributed by atoms with van der Waals surface area (Å²) in [6.45, 7) is 20.6. The first-order valence-electron chi connectivity index (χ1n) is 8.72. The van der Waals surface area contributed by atoms with E-state index in [1.54, 1.807) is 0 Å². The van der Waals surface area contributed by atoms with Crippen LogP contribution in [0.3, 0.4) is 0 Å². The number of carbonyl (C=O) groups excluding carboxylic acids is 1. The Morgan fingerprint density at radius 2 is 1.13 bits per heavy atom. The van der Waals surface area contributed by atoms with Crippen LogP contribution >= 0.6 is 0 Å². The van der Waals surface area contributed by atoms with Crippen molar-refractivity contribution in [3.8, 4) is 0 Å². The maximum absolute atomic E-state index is 11.9. The van der Waals surface area contributed by atoms with Crippen molar-refractivity contribution in [2.24, 2.45) is 10.8 Å². The maximum Gasteiger partial charge on any atom is 0.541 e. The number of ether oxygens (including phenoxy) is 1. The second-order valence-corrected chi connectivity index (χ2v) is 9.43. The van der Waals surface area contributed by atoms with Crippen molar-refractivity contribution in [2.75, 3.05) is 0 Å². The van der Waals surface area contributed by atoms with Gasteiger partial charge in [0.15, 0.2) is 0 Å². The van der Waals surface area contributed by atoms with Gasteiger partial charge in [-0.25, -0.2) is 4.79 Å². The third kappa shape index (κ3) is 9.85. The Kier molecular flexibility index (Phi) is 7.60. The Balaban J connectivity index is 4.50. The summed E-state index contributed by atoms with van der Waals surface area (Å²) in [4.78, 5) is 22.2. The van der Waals surface area contributed by atoms with E-state index in [-0.39, 0.29) is 10.8 Å². The Morgan fingerprint density at radius 1 is 0.739 bits per heavy atom. The molecule has 0 saturated carbocycles. The summed E-state index contributed by atoms with van der Waals surface area (Å²) in [5.74, 6) is 0. The molecule has 4 nitrogen and oxygen atoms in total. The third-order valence-electron chi connectivity index (χ3n) is 4.42. The summed E-state index contributed by atoms with van der Waals surface area (Å²) in [6, 6.07) is 0. The summed E-state index contributed by atoms with van der Waals surface area (Å²) in [5, 5.41) is 0. The topological polar surface area (TPSA) is 44.8 Å². The highest BCUT2D eigenvalue weighted by Crippen LogP contribution is 2.34. The zero-order valence-corrected chi connectivity index (χ0v) is 17.0. The minimum atomic E-state index is -0.774. The number of rotatable bonds is 9. The van der Waals surface area contributed by atoms with Gasteiger partial charge in [-0.15, -0.1) is 0 Å². The summed E-state index contributed by atoms with van der Waals surface area (Å²) in [5.41, 5.74) is -0.908. The zero-order valence-electron chi connectivity index (χ0n) is 17.0. The second kappa shape index (κ2) is 7.87. The predicted molar refractivity (Wildman–Crippen MR) is 94.2 cm³/mol. The lowest BCUT2D eigenvalue weighted by Crippen LogP contribution is -2.36. The normalized spacial score (nSPS) is 13.8. The summed E-state index contributed by atoms with van der Waals surface area (Å²) < 4.78 is 5.44. The molecule has 0 aliphatic carbocycles. The van der Waals surface area contributed by atoms with Crippen LogP contribution in [-0.4, -0.2) is 17.4 Å². The van der Waals surface area contributed by atoms with E-state index in [0.717, 1.165) is 25.7 Å². The zero-order chi connectivity index (χ0) is 18.5. The fourth-order valence-electron chi connectivity index (χ4n) is 3.01. The van der Waals surface area contributed by atoms with Gasteiger partial charge in [0.2, 0.25) is 0 Å². The molecule has 4 heteroatoms. The van der Waals surface area contributed by atoms with Crippen LogP contribution in [0.15, 0.2) is 0 Å². The Hall–Kier alpha value is -0.770. The minimum absolute atomic E-state index is 0.106. The van der Waals surface area contributed by atoms with Crippen molar-refractivity contribution in [3.63, 3.8) is 0 Å². The minimum Gasteiger partial charge on any atom is -0.426 e. The fourth-order valence-corrected chi connectivity index (χ4v) is 3.01. The molecule has 0 N–H and O–H groups in total. The third-order valence-corrected chi connectivity index (χ3v) is 4.42. The standard InChI is InChI=1S/C19H38O4/c1-11-16(3,4)13-18(7,8)21-15(20)22-23-19(9,10)14-17(5,6)12-2/h11-14H2,1-10H3. The van der Waals surface area contributed by atoms with Crippen LogP contribution in [0.1, 0.15) is 94.9 Å². The van der Waals surface area contributed by atoms with Crippen LogP contribution in [0.2, 0.25) is 0 Å². The quantitative estimate of drug-likeness (QED) is 0.283. The summed E-state index contributed by atoms with van der Waals surface area (Å²) in [7, 11) is 0. The van der Waals surface area contributed by atoms with Crippen molar-refractivity contribution in [2.45, 2.75) is 106 Å². The van der Waals surface area contributed by atoms with Crippen molar-refractivity contribution in [1.82, 2.24) is 0 Å². The van der Waals surface area contributed by atoms with E-state index < -0.39 is 17.4 Å². The SMILES string of the molecule is CCC(C)(C)CC(C)(C)OOC(=O)OC(C)(C)CC(C)(C)CC. The highest BCUT2D eigenvalue weighted by molar-refractivity contribution is 5.59. The van der Waals surface area contributed by atoms with Gasteiger partial charge in [0.1, 0.15) is 11.2 Å². The largest absolute Gasteiger partial charge is 0.541 e. The van der Waals surface area contributed by atoms with E-state index in [1.807, 2.05) is 27.7 Å². The lowest BCUT2D eigenvalue weighted by molar-refractivity contribution is -0.327. The van der Waals surface area contributed by atoms with Gasteiger partial charge in [-0.3, -0.25) is 4.89 Å². The van der Waals surface area contributed by atoms with Gasteiger partial charge in [0, 0.05) is 0 Å². The van der Waals surface area contributed by atoms with Crippen LogP contribution in [0, 0.1) is 10.8 Å². The highest BCUT2D eigenvalue weighted by Gasteiger charge is 2.34. The molecule has 0 atom stereocenters. The molecule has 0 heterocycles. The van der Waals surface area contributed by atoms with Crippen LogP contribution in [-0.2, 0) is 14.5 Å². The second-order valence-electron chi connectivity index (χ2n) is 9.43. The molecule has 0 amide bonds. The molecule has 0 fully saturated rings. The number of carbonyl (C=O) groups is 1. The van der Waals surface area contributed by atoms with E-state index >= 15 is 0 Å². The van der Waals surface area contributed by atoms with Crippen molar-refractivity contribution in [3.05, 3.63) is 0 Å². The van der Waals surface area contributed by atoms with Crippen LogP contribution < -0.4 is 0 Å². The first-order valence-corrected chi connectivity index (χ1v) is 8.72. The van der Waals surface area contributed by atoms with Gasteiger partial charge in [-0.05, 0) is 51.4 Å². The van der Waals surface area contributed by atoms with Crippen molar-refractivity contribution < 1.29 is 19.3 Å². The first-order chi connectivity index (χ1) is 10.1. The van der Waals surface area contributed by atoms with E-state index in [4.69, 9.17) is 14.5 Å².